The summed E-state index contributed by atoms with van der Waals surface area (Å²) in [6, 6.07) is 0. The van der Waals surface area contributed by atoms with E-state index in [2.05, 4.69) is 19.9 Å². The third-order valence-electron chi connectivity index (χ3n) is 2.62. The highest BCUT2D eigenvalue weighted by atomic mass is 16.3. The predicted octanol–water partition coefficient (Wildman–Crippen LogP) is 2.36. The largest absolute Gasteiger partial charge is 0.396 e. The second-order valence-electron chi connectivity index (χ2n) is 3.74. The summed E-state index contributed by atoms with van der Waals surface area (Å²) in [5.74, 6) is 1.24. The summed E-state index contributed by atoms with van der Waals surface area (Å²) in [6.07, 6.45) is 6.02. The monoisotopic (exact) mass is 154 g/mol. The van der Waals surface area contributed by atoms with Gasteiger partial charge in [-0.25, -0.2) is 0 Å². The molecule has 2 unspecified atom stereocenters. The third-order valence-corrected chi connectivity index (χ3v) is 2.62. The Kier molecular flexibility index (Phi) is 3.13. The van der Waals surface area contributed by atoms with Gasteiger partial charge in [-0.15, -0.1) is 0 Å². The zero-order chi connectivity index (χ0) is 8.27. The van der Waals surface area contributed by atoms with Crippen LogP contribution in [0.1, 0.15) is 33.1 Å². The Labute approximate surface area is 69.1 Å². The van der Waals surface area contributed by atoms with Gasteiger partial charge in [0, 0.05) is 12.5 Å². The number of hydrogen-bond acceptors (Lipinski definition) is 1. The van der Waals surface area contributed by atoms with Crippen molar-refractivity contribution in [3.05, 3.63) is 11.6 Å². The smallest absolute Gasteiger partial charge is 0.0493 e. The maximum Gasteiger partial charge on any atom is 0.0493 e. The van der Waals surface area contributed by atoms with E-state index in [1.54, 1.807) is 0 Å². The van der Waals surface area contributed by atoms with Crippen LogP contribution in [0.25, 0.3) is 0 Å². The molecule has 1 aliphatic rings. The lowest BCUT2D eigenvalue weighted by Gasteiger charge is -2.21. The van der Waals surface area contributed by atoms with Crippen LogP contribution < -0.4 is 0 Å². The molecule has 0 amide bonds. The molecule has 11 heavy (non-hydrogen) atoms. The van der Waals surface area contributed by atoms with Gasteiger partial charge in [0.15, 0.2) is 0 Å². The van der Waals surface area contributed by atoms with Gasteiger partial charge in [-0.05, 0) is 25.2 Å². The third kappa shape index (κ3) is 2.33. The van der Waals surface area contributed by atoms with Gasteiger partial charge < -0.3 is 5.11 Å². The van der Waals surface area contributed by atoms with E-state index in [4.69, 9.17) is 5.11 Å². The second-order valence-corrected chi connectivity index (χ2v) is 3.74. The maximum atomic E-state index is 8.91. The van der Waals surface area contributed by atoms with Crippen molar-refractivity contribution >= 4 is 0 Å². The standard InChI is InChI=1S/C10H18O/c1-8-3-5-10(6-4-8)9(2)7-11/h5,8-9,11H,3-4,6-7H2,1-2H3. The molecular weight excluding hydrogens is 136 g/mol. The molecule has 2 atom stereocenters. The molecule has 0 aromatic heterocycles. The number of allylic oxidation sites excluding steroid dienone is 1. The summed E-state index contributed by atoms with van der Waals surface area (Å²) in [4.78, 5) is 0. The Morgan fingerprint density at radius 1 is 1.73 bits per heavy atom. The van der Waals surface area contributed by atoms with E-state index in [9.17, 15) is 0 Å². The Bertz CT molecular complexity index is 149. The molecule has 0 fully saturated rings. The van der Waals surface area contributed by atoms with Crippen LogP contribution in [-0.2, 0) is 0 Å². The van der Waals surface area contributed by atoms with Crippen molar-refractivity contribution in [2.75, 3.05) is 6.61 Å². The van der Waals surface area contributed by atoms with Crippen LogP contribution in [-0.4, -0.2) is 11.7 Å². The Morgan fingerprint density at radius 2 is 2.45 bits per heavy atom. The fourth-order valence-electron chi connectivity index (χ4n) is 1.55. The first-order valence-electron chi connectivity index (χ1n) is 4.53. The zero-order valence-electron chi connectivity index (χ0n) is 7.51. The van der Waals surface area contributed by atoms with Crippen LogP contribution in [0, 0.1) is 11.8 Å². The molecule has 1 nitrogen and oxygen atoms in total. The van der Waals surface area contributed by atoms with E-state index < -0.39 is 0 Å². The molecule has 1 aliphatic carbocycles. The minimum Gasteiger partial charge on any atom is -0.396 e. The first kappa shape index (κ1) is 8.79. The lowest BCUT2D eigenvalue weighted by molar-refractivity contribution is 0.250. The van der Waals surface area contributed by atoms with E-state index in [0.29, 0.717) is 12.5 Å². The highest BCUT2D eigenvalue weighted by Crippen LogP contribution is 2.27. The van der Waals surface area contributed by atoms with Gasteiger partial charge in [0.05, 0.1) is 0 Å². The molecule has 0 aromatic carbocycles. The quantitative estimate of drug-likeness (QED) is 0.605. The van der Waals surface area contributed by atoms with Crippen LogP contribution in [0.15, 0.2) is 11.6 Å². The summed E-state index contributed by atoms with van der Waals surface area (Å²) < 4.78 is 0. The molecule has 0 saturated heterocycles. The van der Waals surface area contributed by atoms with Crippen LogP contribution in [0.3, 0.4) is 0 Å². The van der Waals surface area contributed by atoms with Gasteiger partial charge in [0.2, 0.25) is 0 Å². The molecule has 0 saturated carbocycles. The highest BCUT2D eigenvalue weighted by Gasteiger charge is 2.13. The maximum absolute atomic E-state index is 8.91. The van der Waals surface area contributed by atoms with E-state index in [0.717, 1.165) is 5.92 Å². The fraction of sp³-hybridized carbons (Fsp3) is 0.800. The summed E-state index contributed by atoms with van der Waals surface area (Å²) in [5, 5.41) is 8.91. The molecule has 0 bridgehead atoms. The molecule has 0 heterocycles. The van der Waals surface area contributed by atoms with Crippen molar-refractivity contribution in [2.45, 2.75) is 33.1 Å². The van der Waals surface area contributed by atoms with E-state index in [1.165, 1.54) is 24.8 Å². The van der Waals surface area contributed by atoms with Crippen molar-refractivity contribution in [1.29, 1.82) is 0 Å². The van der Waals surface area contributed by atoms with Gasteiger partial charge in [-0.1, -0.05) is 25.5 Å². The Morgan fingerprint density at radius 3 is 2.91 bits per heavy atom. The predicted molar refractivity (Wildman–Crippen MR) is 47.3 cm³/mol. The zero-order valence-corrected chi connectivity index (χ0v) is 7.51. The van der Waals surface area contributed by atoms with Crippen molar-refractivity contribution in [1.82, 2.24) is 0 Å². The second kappa shape index (κ2) is 3.91. The van der Waals surface area contributed by atoms with E-state index in [-0.39, 0.29) is 0 Å². The molecule has 0 aromatic rings. The minimum atomic E-state index is 0.306. The van der Waals surface area contributed by atoms with Crippen LogP contribution in [0.2, 0.25) is 0 Å². The number of aliphatic hydroxyl groups is 1. The molecule has 0 radical (unpaired) electrons. The summed E-state index contributed by atoms with van der Waals surface area (Å²) in [5.41, 5.74) is 1.46. The number of aliphatic hydroxyl groups excluding tert-OH is 1. The first-order chi connectivity index (χ1) is 5.24. The van der Waals surface area contributed by atoms with Crippen molar-refractivity contribution in [3.8, 4) is 0 Å². The SMILES string of the molecule is CC1CC=C(C(C)CO)CC1. The van der Waals surface area contributed by atoms with E-state index in [1.807, 2.05) is 0 Å². The molecule has 1 N–H and O–H groups in total. The average molecular weight is 154 g/mol. The Hall–Kier alpha value is -0.300. The molecule has 1 rings (SSSR count). The number of hydrogen-bond donors (Lipinski definition) is 1. The van der Waals surface area contributed by atoms with Crippen molar-refractivity contribution in [2.24, 2.45) is 11.8 Å². The van der Waals surface area contributed by atoms with Crippen LogP contribution in [0.5, 0.6) is 0 Å². The molecule has 0 spiro atoms. The Balaban J connectivity index is 2.47. The minimum absolute atomic E-state index is 0.306. The summed E-state index contributed by atoms with van der Waals surface area (Å²) >= 11 is 0. The number of rotatable bonds is 2. The topological polar surface area (TPSA) is 20.2 Å². The molecule has 0 aliphatic heterocycles. The lowest BCUT2D eigenvalue weighted by Crippen LogP contribution is -2.10. The molecular formula is C10H18O. The highest BCUT2D eigenvalue weighted by molar-refractivity contribution is 5.09. The first-order valence-corrected chi connectivity index (χ1v) is 4.53. The van der Waals surface area contributed by atoms with Crippen LogP contribution in [0.4, 0.5) is 0 Å². The van der Waals surface area contributed by atoms with Gasteiger partial charge in [0.1, 0.15) is 0 Å². The van der Waals surface area contributed by atoms with Crippen LogP contribution >= 0.6 is 0 Å². The molecule has 64 valence electrons. The van der Waals surface area contributed by atoms with Gasteiger partial charge in [0.25, 0.3) is 0 Å². The van der Waals surface area contributed by atoms with Crippen molar-refractivity contribution < 1.29 is 5.11 Å². The van der Waals surface area contributed by atoms with Gasteiger partial charge in [-0.3, -0.25) is 0 Å². The summed E-state index contributed by atoms with van der Waals surface area (Å²) in [7, 11) is 0. The van der Waals surface area contributed by atoms with E-state index >= 15 is 0 Å². The van der Waals surface area contributed by atoms with Crippen molar-refractivity contribution in [3.63, 3.8) is 0 Å². The fourth-order valence-corrected chi connectivity index (χ4v) is 1.55. The summed E-state index contributed by atoms with van der Waals surface area (Å²) in [6.45, 7) is 4.69. The average Bonchev–Trinajstić information content (AvgIpc) is 2.05. The van der Waals surface area contributed by atoms with Gasteiger partial charge in [-0.2, -0.15) is 0 Å². The van der Waals surface area contributed by atoms with Gasteiger partial charge >= 0.3 is 0 Å². The molecule has 1 heteroatoms. The lowest BCUT2D eigenvalue weighted by atomic mass is 9.86. The normalized spacial score (nSPS) is 27.9.